The average Bonchev–Trinajstić information content (AvgIpc) is 2.75. The van der Waals surface area contributed by atoms with Crippen molar-refractivity contribution in [3.05, 3.63) is 52.6 Å². The van der Waals surface area contributed by atoms with Gasteiger partial charge >= 0.3 is 0 Å². The van der Waals surface area contributed by atoms with Crippen LogP contribution in [0.25, 0.3) is 0 Å². The van der Waals surface area contributed by atoms with E-state index in [4.69, 9.17) is 4.74 Å². The zero-order valence-corrected chi connectivity index (χ0v) is 22.7. The number of nitrogens with one attached hydrogen (secondary N) is 2. The Morgan fingerprint density at radius 1 is 1.06 bits per heavy atom. The lowest BCUT2D eigenvalue weighted by Crippen LogP contribution is -2.39. The first-order chi connectivity index (χ1) is 16.2. The van der Waals surface area contributed by atoms with Gasteiger partial charge in [0.1, 0.15) is 12.3 Å². The summed E-state index contributed by atoms with van der Waals surface area (Å²) >= 11 is 0. The fourth-order valence-electron chi connectivity index (χ4n) is 4.02. The number of nitrogens with zero attached hydrogens (tertiary/aromatic N) is 1. The van der Waals surface area contributed by atoms with Gasteiger partial charge in [0.05, 0.1) is 18.6 Å². The number of aryl methyl sites for hydroxylation is 2. The summed E-state index contributed by atoms with van der Waals surface area (Å²) in [4.78, 5) is 25.4. The molecule has 2 aromatic carbocycles. The minimum Gasteiger partial charge on any atom is -0.496 e. The number of hydrogen-bond acceptors (Lipinski definition) is 5. The van der Waals surface area contributed by atoms with Crippen LogP contribution in [0.3, 0.4) is 0 Å². The number of amides is 2. The lowest BCUT2D eigenvalue weighted by atomic mass is 9.85. The van der Waals surface area contributed by atoms with E-state index in [9.17, 15) is 18.0 Å². The minimum atomic E-state index is -3.76. The number of carbonyl (C=O) groups excluding carboxylic acids is 2. The van der Waals surface area contributed by atoms with E-state index in [0.29, 0.717) is 29.1 Å². The van der Waals surface area contributed by atoms with Crippen molar-refractivity contribution in [3.8, 4) is 5.75 Å². The average molecular weight is 504 g/mol. The molecule has 0 aliphatic heterocycles. The van der Waals surface area contributed by atoms with Gasteiger partial charge in [-0.15, -0.1) is 0 Å². The second-order valence-electron chi connectivity index (χ2n) is 9.57. The highest BCUT2D eigenvalue weighted by molar-refractivity contribution is 7.92. The molecule has 0 aliphatic rings. The van der Waals surface area contributed by atoms with E-state index < -0.39 is 22.5 Å². The lowest BCUT2D eigenvalue weighted by molar-refractivity contribution is -0.114. The summed E-state index contributed by atoms with van der Waals surface area (Å²) in [5, 5.41) is 5.43. The van der Waals surface area contributed by atoms with Crippen molar-refractivity contribution >= 4 is 33.2 Å². The molecule has 2 amide bonds. The van der Waals surface area contributed by atoms with Gasteiger partial charge < -0.3 is 15.4 Å². The van der Waals surface area contributed by atoms with Gasteiger partial charge in [0, 0.05) is 18.3 Å². The molecule has 2 rings (SSSR count). The van der Waals surface area contributed by atoms with Crippen LogP contribution < -0.4 is 19.7 Å². The van der Waals surface area contributed by atoms with Crippen molar-refractivity contribution in [2.75, 3.05) is 36.1 Å². The number of sulfonamides is 1. The van der Waals surface area contributed by atoms with Crippen molar-refractivity contribution in [3.63, 3.8) is 0 Å². The molecule has 0 spiro atoms. The molecule has 0 heterocycles. The Morgan fingerprint density at radius 2 is 1.66 bits per heavy atom. The van der Waals surface area contributed by atoms with Crippen LogP contribution >= 0.6 is 0 Å². The monoisotopic (exact) mass is 503 g/mol. The van der Waals surface area contributed by atoms with E-state index in [1.807, 2.05) is 40.7 Å². The molecule has 35 heavy (non-hydrogen) atoms. The van der Waals surface area contributed by atoms with E-state index >= 15 is 0 Å². The number of ether oxygens (including phenoxy) is 1. The summed E-state index contributed by atoms with van der Waals surface area (Å²) in [6.07, 6.45) is 0.414. The van der Waals surface area contributed by atoms with Crippen LogP contribution in [-0.2, 0) is 20.2 Å². The summed E-state index contributed by atoms with van der Waals surface area (Å²) in [5.41, 5.74) is 3.33. The van der Waals surface area contributed by atoms with Gasteiger partial charge in [0.2, 0.25) is 15.9 Å². The maximum Gasteiger partial charge on any atom is 0.251 e. The van der Waals surface area contributed by atoms with E-state index in [0.717, 1.165) is 21.0 Å². The molecular weight excluding hydrogens is 466 g/mol. The van der Waals surface area contributed by atoms with Crippen molar-refractivity contribution < 1.29 is 22.7 Å². The standard InChI is InChI=1S/C26H37N3O5S/c1-9-12-35(32,33)29(20-13-17(2)24(34-8)18(3)14-20)16-23(30)28-22-15-19(25(31)27-7)10-11-21(22)26(4,5)6/h10-11,13-15H,9,12,16H2,1-8H3,(H,27,31)(H,28,30). The van der Waals surface area contributed by atoms with Crippen LogP contribution in [0.4, 0.5) is 11.4 Å². The zero-order valence-electron chi connectivity index (χ0n) is 21.9. The van der Waals surface area contributed by atoms with Crippen molar-refractivity contribution in [2.45, 2.75) is 53.4 Å². The molecule has 8 nitrogen and oxygen atoms in total. The molecule has 0 atom stereocenters. The predicted octanol–water partition coefficient (Wildman–Crippen LogP) is 4.15. The highest BCUT2D eigenvalue weighted by atomic mass is 32.2. The summed E-state index contributed by atoms with van der Waals surface area (Å²) in [6.45, 7) is 11.0. The fourth-order valence-corrected chi connectivity index (χ4v) is 5.50. The Hall–Kier alpha value is -3.07. The van der Waals surface area contributed by atoms with Gasteiger partial charge in [-0.05, 0) is 66.6 Å². The van der Waals surface area contributed by atoms with Crippen LogP contribution in [0, 0.1) is 13.8 Å². The summed E-state index contributed by atoms with van der Waals surface area (Å²) in [7, 11) is -0.664. The summed E-state index contributed by atoms with van der Waals surface area (Å²) in [6, 6.07) is 8.54. The van der Waals surface area contributed by atoms with Crippen molar-refractivity contribution in [1.29, 1.82) is 0 Å². The molecule has 0 saturated carbocycles. The highest BCUT2D eigenvalue weighted by Gasteiger charge is 2.27. The smallest absolute Gasteiger partial charge is 0.251 e. The first kappa shape index (κ1) is 28.2. The van der Waals surface area contributed by atoms with Crippen LogP contribution in [0.1, 0.15) is 61.2 Å². The number of hydrogen-bond donors (Lipinski definition) is 2. The van der Waals surface area contributed by atoms with E-state index in [-0.39, 0.29) is 17.1 Å². The number of anilines is 2. The molecule has 0 aliphatic carbocycles. The largest absolute Gasteiger partial charge is 0.496 e. The molecule has 0 fully saturated rings. The molecule has 2 aromatic rings. The maximum atomic E-state index is 13.2. The van der Waals surface area contributed by atoms with E-state index in [1.165, 1.54) is 7.05 Å². The van der Waals surface area contributed by atoms with Gasteiger partial charge in [-0.1, -0.05) is 33.8 Å². The quantitative estimate of drug-likeness (QED) is 0.535. The van der Waals surface area contributed by atoms with Crippen molar-refractivity contribution in [1.82, 2.24) is 5.32 Å². The first-order valence-electron chi connectivity index (χ1n) is 11.6. The third-order valence-electron chi connectivity index (χ3n) is 5.61. The number of carbonyl (C=O) groups is 2. The topological polar surface area (TPSA) is 105 Å². The molecule has 192 valence electrons. The van der Waals surface area contributed by atoms with Crippen LogP contribution in [0.5, 0.6) is 5.75 Å². The number of rotatable bonds is 9. The first-order valence-corrected chi connectivity index (χ1v) is 13.2. The molecule has 0 radical (unpaired) electrons. The van der Waals surface area contributed by atoms with Gasteiger partial charge in [-0.3, -0.25) is 13.9 Å². The maximum absolute atomic E-state index is 13.2. The lowest BCUT2D eigenvalue weighted by Gasteiger charge is -2.27. The van der Waals surface area contributed by atoms with Gasteiger partial charge in [0.15, 0.2) is 0 Å². The molecule has 0 saturated heterocycles. The minimum absolute atomic E-state index is 0.0935. The van der Waals surface area contributed by atoms with Gasteiger partial charge in [-0.2, -0.15) is 0 Å². The fraction of sp³-hybridized carbons (Fsp3) is 0.462. The number of methoxy groups -OCH3 is 1. The third kappa shape index (κ3) is 6.75. The van der Waals surface area contributed by atoms with Crippen molar-refractivity contribution in [2.24, 2.45) is 0 Å². The van der Waals surface area contributed by atoms with E-state index in [1.54, 1.807) is 38.3 Å². The van der Waals surface area contributed by atoms with Crippen LogP contribution in [0.15, 0.2) is 30.3 Å². The molecule has 0 aromatic heterocycles. The SMILES string of the molecule is CCCS(=O)(=O)N(CC(=O)Nc1cc(C(=O)NC)ccc1C(C)(C)C)c1cc(C)c(OC)c(C)c1. The Labute approximate surface area is 209 Å². The zero-order chi connectivity index (χ0) is 26.6. The van der Waals surface area contributed by atoms with Gasteiger partial charge in [0.25, 0.3) is 5.91 Å². The second-order valence-corrected chi connectivity index (χ2v) is 11.6. The Bertz CT molecular complexity index is 1180. The predicted molar refractivity (Wildman–Crippen MR) is 141 cm³/mol. The molecular formula is C26H37N3O5S. The Balaban J connectivity index is 2.50. The van der Waals surface area contributed by atoms with E-state index in [2.05, 4.69) is 10.6 Å². The molecule has 0 unspecified atom stereocenters. The second kappa shape index (κ2) is 11.1. The normalized spacial score (nSPS) is 11.7. The summed E-state index contributed by atoms with van der Waals surface area (Å²) < 4.78 is 32.9. The highest BCUT2D eigenvalue weighted by Crippen LogP contribution is 2.32. The number of benzene rings is 2. The molecule has 9 heteroatoms. The molecule has 0 bridgehead atoms. The third-order valence-corrected chi connectivity index (χ3v) is 7.55. The molecule has 2 N–H and O–H groups in total. The summed E-state index contributed by atoms with van der Waals surface area (Å²) in [5.74, 6) is -0.205. The van der Waals surface area contributed by atoms with Gasteiger partial charge in [-0.25, -0.2) is 8.42 Å². The van der Waals surface area contributed by atoms with Crippen LogP contribution in [0.2, 0.25) is 0 Å². The van der Waals surface area contributed by atoms with Crippen LogP contribution in [-0.4, -0.2) is 46.7 Å². The Morgan fingerprint density at radius 3 is 2.14 bits per heavy atom. The Kier molecular flexibility index (Phi) is 8.94.